The molecule has 0 aliphatic heterocycles. The molecule has 5 heteroatoms. The fourth-order valence-electron chi connectivity index (χ4n) is 1.03. The summed E-state index contributed by atoms with van der Waals surface area (Å²) in [6.07, 6.45) is 4.16. The number of hydrogen-bond donors (Lipinski definition) is 2. The highest BCUT2D eigenvalue weighted by Gasteiger charge is 2.21. The summed E-state index contributed by atoms with van der Waals surface area (Å²) < 4.78 is 4.98. The van der Waals surface area contributed by atoms with Crippen molar-refractivity contribution in [1.29, 1.82) is 0 Å². The molecular weight excluding hydrogens is 222 g/mol. The molecule has 0 rings (SSSR count). The average Bonchev–Trinajstić information content (AvgIpc) is 2.13. The first-order valence-electron chi connectivity index (χ1n) is 5.65. The van der Waals surface area contributed by atoms with Gasteiger partial charge in [-0.25, -0.2) is 9.59 Å². The first-order valence-corrected chi connectivity index (χ1v) is 5.65. The topological polar surface area (TPSA) is 75.6 Å². The van der Waals surface area contributed by atoms with E-state index in [-0.39, 0.29) is 0 Å². The standard InChI is InChI=1S/C12H21NO4/c1-5-6-7-8-9(10(14)15)13-11(16)17-12(2,3)4/h7-9H,5-6H2,1-4H3,(H,13,16)(H,14,15)/b8-7+. The molecule has 0 bridgehead atoms. The number of carboxylic acids is 1. The monoisotopic (exact) mass is 243 g/mol. The van der Waals surface area contributed by atoms with Gasteiger partial charge in [0.2, 0.25) is 0 Å². The number of rotatable bonds is 5. The summed E-state index contributed by atoms with van der Waals surface area (Å²) in [7, 11) is 0. The first kappa shape index (κ1) is 15.5. The number of carbonyl (C=O) groups is 2. The zero-order chi connectivity index (χ0) is 13.5. The highest BCUT2D eigenvalue weighted by Crippen LogP contribution is 2.07. The Bertz CT molecular complexity index is 291. The van der Waals surface area contributed by atoms with Crippen molar-refractivity contribution in [1.82, 2.24) is 5.32 Å². The molecule has 0 aromatic rings. The minimum absolute atomic E-state index is 0.639. The fraction of sp³-hybridized carbons (Fsp3) is 0.667. The van der Waals surface area contributed by atoms with Crippen molar-refractivity contribution in [3.8, 4) is 0 Å². The van der Waals surface area contributed by atoms with Gasteiger partial charge in [-0.3, -0.25) is 0 Å². The van der Waals surface area contributed by atoms with Crippen molar-refractivity contribution in [2.75, 3.05) is 0 Å². The van der Waals surface area contributed by atoms with Gasteiger partial charge in [0.25, 0.3) is 0 Å². The fourth-order valence-corrected chi connectivity index (χ4v) is 1.03. The van der Waals surface area contributed by atoms with E-state index in [4.69, 9.17) is 9.84 Å². The molecule has 1 unspecified atom stereocenters. The molecule has 5 nitrogen and oxygen atoms in total. The second kappa shape index (κ2) is 6.93. The second-order valence-corrected chi connectivity index (χ2v) is 4.68. The summed E-state index contributed by atoms with van der Waals surface area (Å²) in [5.41, 5.74) is -0.639. The van der Waals surface area contributed by atoms with Crippen molar-refractivity contribution in [2.45, 2.75) is 52.2 Å². The molecule has 0 aromatic heterocycles. The van der Waals surface area contributed by atoms with E-state index in [0.717, 1.165) is 12.8 Å². The third kappa shape index (κ3) is 8.30. The first-order chi connectivity index (χ1) is 7.76. The maximum atomic E-state index is 11.4. The number of alkyl carbamates (subject to hydrolysis) is 1. The van der Waals surface area contributed by atoms with Gasteiger partial charge in [0, 0.05) is 0 Å². The van der Waals surface area contributed by atoms with Crippen molar-refractivity contribution >= 4 is 12.1 Å². The SMILES string of the molecule is CCC/C=C/C(NC(=O)OC(C)(C)C)C(=O)O. The summed E-state index contributed by atoms with van der Waals surface area (Å²) in [5, 5.41) is 11.2. The third-order valence-corrected chi connectivity index (χ3v) is 1.72. The zero-order valence-corrected chi connectivity index (χ0v) is 10.8. The van der Waals surface area contributed by atoms with Gasteiger partial charge in [0.15, 0.2) is 0 Å². The van der Waals surface area contributed by atoms with Crippen molar-refractivity contribution in [3.63, 3.8) is 0 Å². The quantitative estimate of drug-likeness (QED) is 0.726. The van der Waals surface area contributed by atoms with Crippen LogP contribution in [-0.2, 0) is 9.53 Å². The Balaban J connectivity index is 4.35. The lowest BCUT2D eigenvalue weighted by molar-refractivity contribution is -0.138. The van der Waals surface area contributed by atoms with Crippen molar-refractivity contribution < 1.29 is 19.4 Å². The number of carbonyl (C=O) groups excluding carboxylic acids is 1. The van der Waals surface area contributed by atoms with Gasteiger partial charge < -0.3 is 15.2 Å². The van der Waals surface area contributed by atoms with Crippen molar-refractivity contribution in [3.05, 3.63) is 12.2 Å². The number of ether oxygens (including phenoxy) is 1. The summed E-state index contributed by atoms with van der Waals surface area (Å²) in [5.74, 6) is -1.11. The molecule has 0 fully saturated rings. The largest absolute Gasteiger partial charge is 0.479 e. The van der Waals surface area contributed by atoms with E-state index in [1.165, 1.54) is 6.08 Å². The van der Waals surface area contributed by atoms with Crippen molar-refractivity contribution in [2.24, 2.45) is 0 Å². The lowest BCUT2D eigenvalue weighted by atomic mass is 10.2. The molecule has 0 radical (unpaired) electrons. The lowest BCUT2D eigenvalue weighted by Gasteiger charge is -2.21. The number of aliphatic carboxylic acids is 1. The minimum Gasteiger partial charge on any atom is -0.479 e. The molecular formula is C12H21NO4. The maximum absolute atomic E-state index is 11.4. The summed E-state index contributed by atoms with van der Waals surface area (Å²) >= 11 is 0. The summed E-state index contributed by atoms with van der Waals surface area (Å²) in [6, 6.07) is -1.05. The molecule has 0 aliphatic carbocycles. The highest BCUT2D eigenvalue weighted by atomic mass is 16.6. The Labute approximate surface area is 102 Å². The van der Waals surface area contributed by atoms with Crippen LogP contribution in [0.3, 0.4) is 0 Å². The Morgan fingerprint density at radius 2 is 2.00 bits per heavy atom. The van der Waals surface area contributed by atoms with Crippen LogP contribution in [0.15, 0.2) is 12.2 Å². The van der Waals surface area contributed by atoms with Crippen LogP contribution in [0.25, 0.3) is 0 Å². The molecule has 0 saturated carbocycles. The minimum atomic E-state index is -1.11. The molecule has 17 heavy (non-hydrogen) atoms. The number of nitrogens with one attached hydrogen (secondary N) is 1. The zero-order valence-electron chi connectivity index (χ0n) is 10.8. The van der Waals surface area contributed by atoms with Crippen LogP contribution in [0.4, 0.5) is 4.79 Å². The van der Waals surface area contributed by atoms with Gasteiger partial charge in [0.1, 0.15) is 11.6 Å². The van der Waals surface area contributed by atoms with E-state index in [1.807, 2.05) is 6.92 Å². The van der Waals surface area contributed by atoms with Gasteiger partial charge in [-0.2, -0.15) is 0 Å². The number of allylic oxidation sites excluding steroid dienone is 1. The van der Waals surface area contributed by atoms with Gasteiger partial charge in [-0.15, -0.1) is 0 Å². The smallest absolute Gasteiger partial charge is 0.408 e. The van der Waals surface area contributed by atoms with E-state index < -0.39 is 23.7 Å². The molecule has 0 aromatic carbocycles. The maximum Gasteiger partial charge on any atom is 0.408 e. The van der Waals surface area contributed by atoms with Crippen LogP contribution in [0.2, 0.25) is 0 Å². The molecule has 1 amide bonds. The molecule has 1 atom stereocenters. The van der Waals surface area contributed by atoms with E-state index in [2.05, 4.69) is 5.32 Å². The molecule has 0 aliphatic rings. The van der Waals surface area contributed by atoms with E-state index >= 15 is 0 Å². The van der Waals surface area contributed by atoms with Crippen LogP contribution in [-0.4, -0.2) is 28.8 Å². The van der Waals surface area contributed by atoms with E-state index in [1.54, 1.807) is 26.8 Å². The second-order valence-electron chi connectivity index (χ2n) is 4.68. The Hall–Kier alpha value is -1.52. The molecule has 98 valence electrons. The number of carboxylic acid groups (broad SMARTS) is 1. The van der Waals surface area contributed by atoms with Crippen LogP contribution >= 0.6 is 0 Å². The Kier molecular flexibility index (Phi) is 6.31. The Morgan fingerprint density at radius 1 is 1.41 bits per heavy atom. The van der Waals surface area contributed by atoms with Gasteiger partial charge in [-0.05, 0) is 27.2 Å². The normalized spacial score (nSPS) is 13.4. The van der Waals surface area contributed by atoms with Crippen LogP contribution in [0.5, 0.6) is 0 Å². The number of amides is 1. The van der Waals surface area contributed by atoms with Gasteiger partial charge in [0.05, 0.1) is 0 Å². The van der Waals surface area contributed by atoms with Crippen LogP contribution in [0.1, 0.15) is 40.5 Å². The van der Waals surface area contributed by atoms with Crippen LogP contribution < -0.4 is 5.32 Å². The molecule has 0 saturated heterocycles. The highest BCUT2D eigenvalue weighted by molar-refractivity contribution is 5.81. The van der Waals surface area contributed by atoms with Crippen LogP contribution in [0, 0.1) is 0 Å². The predicted molar refractivity (Wildman–Crippen MR) is 64.8 cm³/mol. The molecule has 2 N–H and O–H groups in total. The third-order valence-electron chi connectivity index (χ3n) is 1.72. The molecule has 0 heterocycles. The van der Waals surface area contributed by atoms with E-state index in [0.29, 0.717) is 0 Å². The summed E-state index contributed by atoms with van der Waals surface area (Å²) in [4.78, 5) is 22.2. The average molecular weight is 243 g/mol. The predicted octanol–water partition coefficient (Wildman–Crippen LogP) is 2.32. The molecule has 0 spiro atoms. The Morgan fingerprint density at radius 3 is 2.41 bits per heavy atom. The lowest BCUT2D eigenvalue weighted by Crippen LogP contribution is -2.42. The van der Waals surface area contributed by atoms with Gasteiger partial charge >= 0.3 is 12.1 Å². The van der Waals surface area contributed by atoms with Gasteiger partial charge in [-0.1, -0.05) is 25.5 Å². The van der Waals surface area contributed by atoms with E-state index in [9.17, 15) is 9.59 Å². The summed E-state index contributed by atoms with van der Waals surface area (Å²) in [6.45, 7) is 7.14. The number of unbranched alkanes of at least 4 members (excludes halogenated alkanes) is 1. The number of hydrogen-bond acceptors (Lipinski definition) is 3.